The van der Waals surface area contributed by atoms with E-state index in [-0.39, 0.29) is 17.3 Å². The van der Waals surface area contributed by atoms with Crippen molar-refractivity contribution in [1.29, 1.82) is 0 Å². The molecule has 0 saturated heterocycles. The van der Waals surface area contributed by atoms with Gasteiger partial charge in [-0.25, -0.2) is 10.1 Å². The molecule has 2 aromatic carbocycles. The largest absolute Gasteiger partial charge is 0.378 e. The predicted octanol–water partition coefficient (Wildman–Crippen LogP) is 2.94. The normalized spacial score (nSPS) is 11.1. The fourth-order valence-corrected chi connectivity index (χ4v) is 3.57. The molecule has 0 bridgehead atoms. The van der Waals surface area contributed by atoms with E-state index >= 15 is 0 Å². The summed E-state index contributed by atoms with van der Waals surface area (Å²) < 4.78 is 5.98. The molecule has 2 heterocycles. The first-order chi connectivity index (χ1) is 15.1. The van der Waals surface area contributed by atoms with Gasteiger partial charge in [0.25, 0.3) is 5.91 Å². The number of rotatable bonds is 7. The third-order valence-electron chi connectivity index (χ3n) is 4.04. The molecule has 4 rings (SSSR count). The molecule has 1 amide bonds. The smallest absolute Gasteiger partial charge is 0.293 e. The van der Waals surface area contributed by atoms with Crippen molar-refractivity contribution in [2.24, 2.45) is 5.10 Å². The van der Waals surface area contributed by atoms with E-state index in [4.69, 9.17) is 17.3 Å². The van der Waals surface area contributed by atoms with Crippen molar-refractivity contribution < 1.29 is 9.42 Å². The van der Waals surface area contributed by atoms with Crippen LogP contribution in [0.3, 0.4) is 0 Å². The number of nitrogen functional groups attached to an aromatic ring is 1. The number of hydrogen-bond donors (Lipinski definition) is 2. The minimum atomic E-state index is -0.528. The minimum Gasteiger partial charge on any atom is -0.378 e. The van der Waals surface area contributed by atoms with Crippen LogP contribution in [-0.4, -0.2) is 37.4 Å². The zero-order chi connectivity index (χ0) is 21.6. The number of aromatic nitrogens is 5. The number of nitrogens with one attached hydrogen (secondary N) is 1. The Balaban J connectivity index is 1.58. The van der Waals surface area contributed by atoms with Gasteiger partial charge in [-0.05, 0) is 40.1 Å². The topological polar surface area (TPSA) is 137 Å². The lowest BCUT2D eigenvalue weighted by molar-refractivity contribution is 0.0949. The van der Waals surface area contributed by atoms with Crippen LogP contribution in [-0.2, 0) is 5.75 Å². The van der Waals surface area contributed by atoms with Crippen molar-refractivity contribution in [1.82, 2.24) is 30.7 Å². The van der Waals surface area contributed by atoms with Crippen LogP contribution in [0.2, 0.25) is 5.02 Å². The van der Waals surface area contributed by atoms with Gasteiger partial charge in [-0.3, -0.25) is 4.79 Å². The summed E-state index contributed by atoms with van der Waals surface area (Å²) in [5.74, 6) is -0.0191. The standard InChI is InChI=1S/C19H15ClN8O2S/c20-13-6-8-14(9-7-13)31-11-15-16(23-27-28(15)18-17(21)25-30-26-18)19(29)24-22-10-12-4-2-1-3-5-12/h1-10H,11H2,(H2,21,25)(H,24,29)/b22-10+. The number of nitrogens with zero attached hydrogens (tertiary/aromatic N) is 6. The fraction of sp³-hybridized carbons (Fsp3) is 0.0526. The van der Waals surface area contributed by atoms with Gasteiger partial charge in [0.15, 0.2) is 5.69 Å². The summed E-state index contributed by atoms with van der Waals surface area (Å²) in [7, 11) is 0. The van der Waals surface area contributed by atoms with Gasteiger partial charge in [-0.1, -0.05) is 47.1 Å². The van der Waals surface area contributed by atoms with E-state index in [9.17, 15) is 4.79 Å². The molecule has 0 atom stereocenters. The molecule has 0 radical (unpaired) electrons. The van der Waals surface area contributed by atoms with Crippen LogP contribution in [0.25, 0.3) is 5.82 Å². The monoisotopic (exact) mass is 454 g/mol. The summed E-state index contributed by atoms with van der Waals surface area (Å²) in [5, 5.41) is 19.9. The van der Waals surface area contributed by atoms with Gasteiger partial charge in [0.05, 0.1) is 11.9 Å². The first-order valence-corrected chi connectivity index (χ1v) is 10.3. The van der Waals surface area contributed by atoms with E-state index in [1.54, 1.807) is 12.1 Å². The number of thioether (sulfide) groups is 1. The van der Waals surface area contributed by atoms with E-state index < -0.39 is 5.91 Å². The van der Waals surface area contributed by atoms with Gasteiger partial charge in [0.1, 0.15) is 0 Å². The highest BCUT2D eigenvalue weighted by atomic mass is 35.5. The molecule has 12 heteroatoms. The molecule has 2 aromatic heterocycles. The lowest BCUT2D eigenvalue weighted by Crippen LogP contribution is -2.20. The average molecular weight is 455 g/mol. The third-order valence-corrected chi connectivity index (χ3v) is 5.32. The lowest BCUT2D eigenvalue weighted by atomic mass is 10.2. The Labute approximate surface area is 185 Å². The Kier molecular flexibility index (Phi) is 6.24. The number of carbonyl (C=O) groups is 1. The predicted molar refractivity (Wildman–Crippen MR) is 116 cm³/mol. The van der Waals surface area contributed by atoms with E-state index in [0.717, 1.165) is 10.5 Å². The lowest BCUT2D eigenvalue weighted by Gasteiger charge is -2.06. The number of hydrogen-bond acceptors (Lipinski definition) is 9. The van der Waals surface area contributed by atoms with Crippen molar-refractivity contribution >= 4 is 41.3 Å². The summed E-state index contributed by atoms with van der Waals surface area (Å²) in [6, 6.07) is 16.7. The number of amides is 1. The molecule has 31 heavy (non-hydrogen) atoms. The summed E-state index contributed by atoms with van der Waals surface area (Å²) in [5.41, 5.74) is 9.63. The molecule has 0 spiro atoms. The number of benzene rings is 2. The Morgan fingerprint density at radius 3 is 2.68 bits per heavy atom. The van der Waals surface area contributed by atoms with Gasteiger partial charge in [-0.15, -0.1) is 16.9 Å². The Bertz CT molecular complexity index is 1210. The third kappa shape index (κ3) is 4.90. The van der Waals surface area contributed by atoms with Gasteiger partial charge < -0.3 is 5.73 Å². The quantitative estimate of drug-likeness (QED) is 0.247. The van der Waals surface area contributed by atoms with Gasteiger partial charge >= 0.3 is 0 Å². The van der Waals surface area contributed by atoms with Crippen molar-refractivity contribution in [2.75, 3.05) is 5.73 Å². The molecule has 0 saturated carbocycles. The summed E-state index contributed by atoms with van der Waals surface area (Å²) in [4.78, 5) is 13.7. The van der Waals surface area contributed by atoms with Crippen LogP contribution in [0.5, 0.6) is 0 Å². The number of anilines is 1. The summed E-state index contributed by atoms with van der Waals surface area (Å²) in [6.45, 7) is 0. The molecule has 0 aliphatic carbocycles. The number of nitrogens with two attached hydrogens (primary N) is 1. The number of carbonyl (C=O) groups excluding carboxylic acids is 1. The van der Waals surface area contributed by atoms with E-state index in [1.165, 1.54) is 22.7 Å². The van der Waals surface area contributed by atoms with Crippen molar-refractivity contribution in [3.05, 3.63) is 76.6 Å². The van der Waals surface area contributed by atoms with Crippen molar-refractivity contribution in [3.8, 4) is 5.82 Å². The summed E-state index contributed by atoms with van der Waals surface area (Å²) >= 11 is 7.40. The Morgan fingerprint density at radius 1 is 1.19 bits per heavy atom. The van der Waals surface area contributed by atoms with E-state index in [0.29, 0.717) is 16.5 Å². The number of hydrazone groups is 1. The fourth-order valence-electron chi connectivity index (χ4n) is 2.56. The van der Waals surface area contributed by atoms with Crippen LogP contribution in [0.4, 0.5) is 5.82 Å². The van der Waals surface area contributed by atoms with E-state index in [1.807, 2.05) is 42.5 Å². The summed E-state index contributed by atoms with van der Waals surface area (Å²) in [6.07, 6.45) is 1.53. The molecule has 0 unspecified atom stereocenters. The molecular formula is C19H15ClN8O2S. The number of halogens is 1. The van der Waals surface area contributed by atoms with Gasteiger partial charge in [0.2, 0.25) is 11.6 Å². The highest BCUT2D eigenvalue weighted by Crippen LogP contribution is 2.27. The van der Waals surface area contributed by atoms with E-state index in [2.05, 4.69) is 35.8 Å². The zero-order valence-electron chi connectivity index (χ0n) is 15.8. The zero-order valence-corrected chi connectivity index (χ0v) is 17.4. The van der Waals surface area contributed by atoms with Crippen LogP contribution >= 0.6 is 23.4 Å². The molecule has 3 N–H and O–H groups in total. The first-order valence-electron chi connectivity index (χ1n) is 8.91. The molecule has 0 aliphatic rings. The minimum absolute atomic E-state index is 0.0247. The second kappa shape index (κ2) is 9.41. The maximum absolute atomic E-state index is 12.7. The SMILES string of the molecule is Nc1nonc1-n1nnc(C(=O)N/N=C/c2ccccc2)c1CSc1ccc(Cl)cc1. The maximum Gasteiger partial charge on any atom is 0.293 e. The van der Waals surface area contributed by atoms with Crippen LogP contribution in [0.15, 0.2) is 69.2 Å². The van der Waals surface area contributed by atoms with Crippen LogP contribution in [0, 0.1) is 0 Å². The molecule has 156 valence electrons. The second-order valence-electron chi connectivity index (χ2n) is 6.12. The van der Waals surface area contributed by atoms with Crippen LogP contribution < -0.4 is 11.2 Å². The Morgan fingerprint density at radius 2 is 1.97 bits per heavy atom. The molecular weight excluding hydrogens is 440 g/mol. The van der Waals surface area contributed by atoms with Crippen molar-refractivity contribution in [3.63, 3.8) is 0 Å². The average Bonchev–Trinajstić information content (AvgIpc) is 3.39. The molecule has 10 nitrogen and oxygen atoms in total. The Hall–Kier alpha value is -3.70. The van der Waals surface area contributed by atoms with Crippen LogP contribution in [0.1, 0.15) is 21.7 Å². The van der Waals surface area contributed by atoms with Gasteiger partial charge in [0, 0.05) is 15.7 Å². The highest BCUT2D eigenvalue weighted by molar-refractivity contribution is 7.98. The first kappa shape index (κ1) is 20.6. The molecule has 0 aliphatic heterocycles. The molecule has 0 fully saturated rings. The van der Waals surface area contributed by atoms with Crippen molar-refractivity contribution in [2.45, 2.75) is 10.6 Å². The van der Waals surface area contributed by atoms with Gasteiger partial charge in [-0.2, -0.15) is 9.78 Å². The highest BCUT2D eigenvalue weighted by Gasteiger charge is 2.24. The molecule has 4 aromatic rings. The maximum atomic E-state index is 12.7. The second-order valence-corrected chi connectivity index (χ2v) is 7.61.